The molecule has 0 radical (unpaired) electrons. The Kier molecular flexibility index (Phi) is 5.79. The molecule has 0 spiro atoms. The van der Waals surface area contributed by atoms with Crippen LogP contribution in [0.3, 0.4) is 0 Å². The van der Waals surface area contributed by atoms with E-state index in [-0.39, 0.29) is 16.5 Å². The molecule has 0 bridgehead atoms. The Bertz CT molecular complexity index is 1100. The van der Waals surface area contributed by atoms with Gasteiger partial charge in [-0.2, -0.15) is 0 Å². The van der Waals surface area contributed by atoms with Crippen LogP contribution in [0, 0.1) is 6.92 Å². The van der Waals surface area contributed by atoms with E-state index in [4.69, 9.17) is 0 Å². The Balaban J connectivity index is 2.19. The van der Waals surface area contributed by atoms with Crippen molar-refractivity contribution in [3.8, 4) is 21.8 Å². The van der Waals surface area contributed by atoms with E-state index in [0.29, 0.717) is 26.4 Å². The molecule has 1 amide bonds. The van der Waals surface area contributed by atoms with Crippen molar-refractivity contribution < 1.29 is 13.2 Å². The van der Waals surface area contributed by atoms with E-state index in [1.807, 2.05) is 36.4 Å². The van der Waals surface area contributed by atoms with Gasteiger partial charge in [0, 0.05) is 0 Å². The van der Waals surface area contributed by atoms with Crippen LogP contribution in [0.25, 0.3) is 21.8 Å². The van der Waals surface area contributed by atoms with Gasteiger partial charge in [-0.25, -0.2) is 0 Å². The fourth-order valence-corrected chi connectivity index (χ4v) is 6.63. The van der Waals surface area contributed by atoms with Gasteiger partial charge in [0.15, 0.2) is 0 Å². The van der Waals surface area contributed by atoms with Crippen molar-refractivity contribution in [3.05, 3.63) is 53.9 Å². The van der Waals surface area contributed by atoms with E-state index >= 15 is 0 Å². The number of hydrogen-bond donors (Lipinski definition) is 1. The van der Waals surface area contributed by atoms with Crippen molar-refractivity contribution in [3.63, 3.8) is 0 Å². The van der Waals surface area contributed by atoms with Crippen LogP contribution in [-0.4, -0.2) is 47.0 Å². The number of pyridine rings is 1. The van der Waals surface area contributed by atoms with Gasteiger partial charge in [-0.05, 0) is 0 Å². The van der Waals surface area contributed by atoms with Gasteiger partial charge in [0.2, 0.25) is 0 Å². The molecule has 1 atom stereocenters. The molecule has 0 aliphatic carbocycles. The van der Waals surface area contributed by atoms with E-state index in [2.05, 4.69) is 15.3 Å². The molecule has 1 aromatic carbocycles. The van der Waals surface area contributed by atoms with Gasteiger partial charge in [-0.3, -0.25) is 0 Å². The Morgan fingerprint density at radius 2 is 2.00 bits per heavy atom. The summed E-state index contributed by atoms with van der Waals surface area (Å²) in [5.74, 6) is -0.0959. The first-order chi connectivity index (χ1) is 12.8. The Labute approximate surface area is 169 Å². The maximum atomic E-state index is 12.0. The fraction of sp³-hybridized carbons (Fsp3) is 0.167. The average Bonchev–Trinajstić information content (AvgIpc) is 3.04. The summed E-state index contributed by atoms with van der Waals surface area (Å²) in [6.07, 6.45) is 1.94. The number of aryl methyl sites for hydroxylation is 1. The molecule has 0 aliphatic rings. The predicted molar refractivity (Wildman–Crippen MR) is 109 cm³/mol. The molecule has 2 aromatic heterocycles. The van der Waals surface area contributed by atoms with Crippen LogP contribution in [0.1, 0.15) is 11.3 Å². The number of carbonyl (C=O) groups excluding carboxylic acids is 1. The monoisotopic (exact) mass is 463 g/mol. The van der Waals surface area contributed by atoms with Crippen LogP contribution in [-0.2, 0) is 19.3 Å². The summed E-state index contributed by atoms with van der Waals surface area (Å²) >= 11 is 1.82. The molecule has 6 nitrogen and oxygen atoms in total. The number of amides is 1. The second-order valence-corrected chi connectivity index (χ2v) is 12.5. The number of nitrogens with zero attached hydrogens (tertiary/aromatic N) is 2. The summed E-state index contributed by atoms with van der Waals surface area (Å²) in [7, 11) is -1.70. The van der Waals surface area contributed by atoms with E-state index in [1.54, 1.807) is 20.2 Å². The zero-order valence-electron chi connectivity index (χ0n) is 14.8. The maximum absolute atomic E-state index is 12.0. The van der Waals surface area contributed by atoms with Crippen LogP contribution in [0.2, 0.25) is 0 Å². The Morgan fingerprint density at radius 1 is 1.22 bits per heavy atom. The summed E-state index contributed by atoms with van der Waals surface area (Å²) < 4.78 is 24.4. The molecular formula is C18H18AsN3O3S2. The first kappa shape index (κ1) is 19.7. The van der Waals surface area contributed by atoms with Gasteiger partial charge >= 0.3 is 170 Å². The van der Waals surface area contributed by atoms with E-state index in [1.165, 1.54) is 0 Å². The number of likely N-dealkylation sites (N-methyl/N-ethyl adjacent to an activating group) is 1. The minimum atomic E-state index is -3.29. The molecule has 1 N–H and O–H groups in total. The van der Waals surface area contributed by atoms with Crippen LogP contribution in [0.5, 0.6) is 0 Å². The van der Waals surface area contributed by atoms with Gasteiger partial charge in [0.25, 0.3) is 0 Å². The molecule has 9 heteroatoms. The number of hydrogen-bond acceptors (Lipinski definition) is 6. The molecule has 3 aromatic rings. The normalized spacial score (nSPS) is 11.4. The van der Waals surface area contributed by atoms with Crippen molar-refractivity contribution in [1.29, 1.82) is 0 Å². The SMILES string of the molecule is CNC(=O)Cc1ccc(-c2ccccn2)c(-c2nc(C)c(S(=O)(=O)[AsH2])s2)c1. The van der Waals surface area contributed by atoms with Crippen molar-refractivity contribution in [2.75, 3.05) is 7.05 Å². The number of rotatable bonds is 5. The van der Waals surface area contributed by atoms with Crippen LogP contribution in [0.15, 0.2) is 46.8 Å². The number of benzene rings is 1. The van der Waals surface area contributed by atoms with Gasteiger partial charge in [0.1, 0.15) is 0 Å². The third-order valence-electron chi connectivity index (χ3n) is 3.91. The number of carbonyl (C=O) groups is 1. The Hall–Kier alpha value is -2.02. The summed E-state index contributed by atoms with van der Waals surface area (Å²) in [6.45, 7) is 1.70. The summed E-state index contributed by atoms with van der Waals surface area (Å²) in [4.78, 5) is 20.7. The Morgan fingerprint density at radius 3 is 2.59 bits per heavy atom. The molecule has 140 valence electrons. The van der Waals surface area contributed by atoms with E-state index in [9.17, 15) is 13.2 Å². The average molecular weight is 463 g/mol. The minimum absolute atomic E-state index is 0.0959. The zero-order chi connectivity index (χ0) is 19.6. The van der Waals surface area contributed by atoms with E-state index in [0.717, 1.165) is 33.7 Å². The zero-order valence-corrected chi connectivity index (χ0v) is 18.8. The van der Waals surface area contributed by atoms with Gasteiger partial charge in [-0.1, -0.05) is 0 Å². The first-order valence-electron chi connectivity index (χ1n) is 8.05. The quantitative estimate of drug-likeness (QED) is 0.583. The van der Waals surface area contributed by atoms with Crippen molar-refractivity contribution in [2.24, 2.45) is 0 Å². The van der Waals surface area contributed by atoms with Gasteiger partial charge in [-0.15, -0.1) is 0 Å². The van der Waals surface area contributed by atoms with Gasteiger partial charge < -0.3 is 0 Å². The van der Waals surface area contributed by atoms with Crippen molar-refractivity contribution in [1.82, 2.24) is 15.3 Å². The van der Waals surface area contributed by atoms with E-state index < -0.39 is 8.10 Å². The molecule has 1 unspecified atom stereocenters. The molecule has 0 fully saturated rings. The van der Waals surface area contributed by atoms with Crippen molar-refractivity contribution >= 4 is 41.0 Å². The molecular weight excluding hydrogens is 445 g/mol. The molecule has 27 heavy (non-hydrogen) atoms. The fourth-order valence-electron chi connectivity index (χ4n) is 2.66. The van der Waals surface area contributed by atoms with Gasteiger partial charge in [0.05, 0.1) is 0 Å². The molecule has 0 saturated heterocycles. The topological polar surface area (TPSA) is 89.0 Å². The summed E-state index contributed by atoms with van der Waals surface area (Å²) in [5.41, 5.74) is 3.68. The first-order valence-corrected chi connectivity index (χ1v) is 13.4. The van der Waals surface area contributed by atoms with Crippen LogP contribution >= 0.6 is 11.3 Å². The third kappa shape index (κ3) is 4.46. The third-order valence-corrected chi connectivity index (χ3v) is 9.21. The standard InChI is InChI=1S/C18H18AsN3O3S2/c1-11-18(27(19,24)25)26-17(22-11)14-9-12(10-16(23)20-2)6-7-13(14)15-5-3-4-8-21-15/h3-9H,10,19H2,1-2H3,(H,20,23). The summed E-state index contributed by atoms with van der Waals surface area (Å²) in [6, 6.07) is 11.3. The summed E-state index contributed by atoms with van der Waals surface area (Å²) in [5, 5.41) is 3.21. The molecule has 0 aliphatic heterocycles. The number of aromatic nitrogens is 2. The number of thiazole rings is 1. The molecule has 2 heterocycles. The van der Waals surface area contributed by atoms with Crippen molar-refractivity contribution in [2.45, 2.75) is 17.6 Å². The van der Waals surface area contributed by atoms with Crippen LogP contribution in [0.4, 0.5) is 0 Å². The van der Waals surface area contributed by atoms with Crippen LogP contribution < -0.4 is 5.32 Å². The molecule has 0 saturated carbocycles. The second-order valence-electron chi connectivity index (χ2n) is 5.88. The number of nitrogens with one attached hydrogen (secondary N) is 1. The second kappa shape index (κ2) is 7.92. The predicted octanol–water partition coefficient (Wildman–Crippen LogP) is 1.79. The molecule has 3 rings (SSSR count).